The molecule has 1 heterocycles. The summed E-state index contributed by atoms with van der Waals surface area (Å²) in [6, 6.07) is 16.8. The third-order valence-electron chi connectivity index (χ3n) is 4.39. The Morgan fingerprint density at radius 3 is 2.62 bits per heavy atom. The van der Waals surface area contributed by atoms with Gasteiger partial charge in [-0.1, -0.05) is 30.3 Å². The van der Waals surface area contributed by atoms with E-state index in [1.165, 1.54) is 0 Å². The van der Waals surface area contributed by atoms with Crippen molar-refractivity contribution in [1.29, 1.82) is 0 Å². The molecule has 3 aromatic rings. The predicted octanol–water partition coefficient (Wildman–Crippen LogP) is 4.11. The minimum absolute atomic E-state index is 0.150. The van der Waals surface area contributed by atoms with Crippen molar-refractivity contribution in [2.75, 3.05) is 19.5 Å². The lowest BCUT2D eigenvalue weighted by Crippen LogP contribution is -2.34. The first-order chi connectivity index (χ1) is 12.6. The standard InChI is InChI=1S/C20H22N4O2/c1-15(16-9-4-7-12-19(16)26-3)23(2)20(25)22-17-10-5-6-11-18(17)24-14-8-13-21-24/h4-15H,1-3H3,(H,22,25)/t15-/m0/s1. The lowest BCUT2D eigenvalue weighted by atomic mass is 10.1. The highest BCUT2D eigenvalue weighted by molar-refractivity contribution is 5.91. The van der Waals surface area contributed by atoms with Gasteiger partial charge in [0.25, 0.3) is 0 Å². The van der Waals surface area contributed by atoms with E-state index in [9.17, 15) is 4.79 Å². The van der Waals surface area contributed by atoms with Crippen LogP contribution in [0.1, 0.15) is 18.5 Å². The number of carbonyl (C=O) groups is 1. The number of aromatic nitrogens is 2. The zero-order chi connectivity index (χ0) is 18.5. The first-order valence-electron chi connectivity index (χ1n) is 8.37. The van der Waals surface area contributed by atoms with E-state index >= 15 is 0 Å². The van der Waals surface area contributed by atoms with E-state index in [1.54, 1.807) is 29.9 Å². The summed E-state index contributed by atoms with van der Waals surface area (Å²) >= 11 is 0. The Bertz CT molecular complexity index is 877. The second kappa shape index (κ2) is 7.74. The summed E-state index contributed by atoms with van der Waals surface area (Å²) in [5.41, 5.74) is 2.46. The molecule has 0 aliphatic rings. The summed E-state index contributed by atoms with van der Waals surface area (Å²) in [5, 5.41) is 7.21. The van der Waals surface area contributed by atoms with Crippen molar-refractivity contribution in [2.24, 2.45) is 0 Å². The van der Waals surface area contributed by atoms with E-state index in [-0.39, 0.29) is 12.1 Å². The smallest absolute Gasteiger partial charge is 0.322 e. The van der Waals surface area contributed by atoms with Gasteiger partial charge in [-0.15, -0.1) is 0 Å². The first-order valence-corrected chi connectivity index (χ1v) is 8.37. The highest BCUT2D eigenvalue weighted by atomic mass is 16.5. The first kappa shape index (κ1) is 17.5. The van der Waals surface area contributed by atoms with E-state index in [0.717, 1.165) is 17.0 Å². The molecule has 1 N–H and O–H groups in total. The van der Waals surface area contributed by atoms with Gasteiger partial charge in [-0.05, 0) is 31.2 Å². The van der Waals surface area contributed by atoms with E-state index < -0.39 is 0 Å². The van der Waals surface area contributed by atoms with Gasteiger partial charge in [-0.2, -0.15) is 5.10 Å². The summed E-state index contributed by atoms with van der Waals surface area (Å²) in [6.45, 7) is 1.97. The Morgan fingerprint density at radius 1 is 1.15 bits per heavy atom. The fourth-order valence-corrected chi connectivity index (χ4v) is 2.79. The molecule has 1 aromatic heterocycles. The number of amides is 2. The number of nitrogens with zero attached hydrogens (tertiary/aromatic N) is 3. The molecule has 2 aromatic carbocycles. The summed E-state index contributed by atoms with van der Waals surface area (Å²) in [6.07, 6.45) is 3.54. The van der Waals surface area contributed by atoms with Gasteiger partial charge >= 0.3 is 6.03 Å². The minimum atomic E-state index is -0.206. The van der Waals surface area contributed by atoms with Crippen molar-refractivity contribution in [2.45, 2.75) is 13.0 Å². The quantitative estimate of drug-likeness (QED) is 0.753. The summed E-state index contributed by atoms with van der Waals surface area (Å²) in [4.78, 5) is 14.4. The highest BCUT2D eigenvalue weighted by Crippen LogP contribution is 2.29. The third-order valence-corrected chi connectivity index (χ3v) is 4.39. The molecule has 0 saturated heterocycles. The number of urea groups is 1. The third kappa shape index (κ3) is 3.54. The zero-order valence-corrected chi connectivity index (χ0v) is 15.1. The number of hydrogen-bond acceptors (Lipinski definition) is 3. The number of rotatable bonds is 5. The van der Waals surface area contributed by atoms with Gasteiger partial charge in [0.2, 0.25) is 0 Å². The van der Waals surface area contributed by atoms with Gasteiger partial charge in [-0.25, -0.2) is 9.48 Å². The molecule has 0 saturated carbocycles. The van der Waals surface area contributed by atoms with Crippen LogP contribution < -0.4 is 10.1 Å². The lowest BCUT2D eigenvalue weighted by molar-refractivity contribution is 0.207. The Labute approximate surface area is 153 Å². The molecule has 0 spiro atoms. The molecule has 0 aliphatic carbocycles. The number of benzene rings is 2. The molecule has 134 valence electrons. The van der Waals surface area contributed by atoms with Crippen LogP contribution in [0.4, 0.5) is 10.5 Å². The number of ether oxygens (including phenoxy) is 1. The Balaban J connectivity index is 1.80. The molecule has 0 bridgehead atoms. The second-order valence-corrected chi connectivity index (χ2v) is 5.93. The molecule has 6 heteroatoms. The SMILES string of the molecule is COc1ccccc1[C@H](C)N(C)C(=O)Nc1ccccc1-n1cccn1. The molecule has 2 amide bonds. The van der Waals surface area contributed by atoms with Crippen molar-refractivity contribution < 1.29 is 9.53 Å². The maximum Gasteiger partial charge on any atom is 0.322 e. The molecule has 1 atom stereocenters. The van der Waals surface area contributed by atoms with Crippen LogP contribution in [0, 0.1) is 0 Å². The van der Waals surface area contributed by atoms with Gasteiger partial charge in [-0.3, -0.25) is 0 Å². The maximum atomic E-state index is 12.8. The minimum Gasteiger partial charge on any atom is -0.496 e. The Morgan fingerprint density at radius 2 is 1.88 bits per heavy atom. The number of nitrogens with one attached hydrogen (secondary N) is 1. The zero-order valence-electron chi connectivity index (χ0n) is 15.1. The van der Waals surface area contributed by atoms with E-state index in [2.05, 4.69) is 10.4 Å². The Hall–Kier alpha value is -3.28. The monoisotopic (exact) mass is 350 g/mol. The van der Waals surface area contributed by atoms with Crippen molar-refractivity contribution in [3.63, 3.8) is 0 Å². The molecule has 0 radical (unpaired) electrons. The van der Waals surface area contributed by atoms with Crippen LogP contribution in [0.3, 0.4) is 0 Å². The number of para-hydroxylation sites is 3. The number of hydrogen-bond donors (Lipinski definition) is 1. The summed E-state index contributed by atoms with van der Waals surface area (Å²) in [5.74, 6) is 0.761. The topological polar surface area (TPSA) is 59.4 Å². The van der Waals surface area contributed by atoms with Crippen molar-refractivity contribution >= 4 is 11.7 Å². The fourth-order valence-electron chi connectivity index (χ4n) is 2.79. The van der Waals surface area contributed by atoms with Crippen LogP contribution in [0.2, 0.25) is 0 Å². The van der Waals surface area contributed by atoms with Crippen molar-refractivity contribution in [3.8, 4) is 11.4 Å². The van der Waals surface area contributed by atoms with Crippen LogP contribution in [0.15, 0.2) is 67.0 Å². The van der Waals surface area contributed by atoms with Crippen molar-refractivity contribution in [3.05, 3.63) is 72.6 Å². The van der Waals surface area contributed by atoms with Crippen LogP contribution in [0.5, 0.6) is 5.75 Å². The molecule has 6 nitrogen and oxygen atoms in total. The molecular weight excluding hydrogens is 328 g/mol. The van der Waals surface area contributed by atoms with Gasteiger partial charge in [0.15, 0.2) is 0 Å². The molecule has 3 rings (SSSR count). The van der Waals surface area contributed by atoms with E-state index in [4.69, 9.17) is 4.74 Å². The number of methoxy groups -OCH3 is 1. The van der Waals surface area contributed by atoms with Crippen LogP contribution in [0.25, 0.3) is 5.69 Å². The van der Waals surface area contributed by atoms with Gasteiger partial charge < -0.3 is 15.0 Å². The average molecular weight is 350 g/mol. The van der Waals surface area contributed by atoms with Crippen LogP contribution in [-0.2, 0) is 0 Å². The Kier molecular flexibility index (Phi) is 5.22. The molecule has 0 unspecified atom stereocenters. The average Bonchev–Trinajstić information content (AvgIpc) is 3.21. The highest BCUT2D eigenvalue weighted by Gasteiger charge is 2.21. The molecule has 0 aliphatic heterocycles. The molecular formula is C20H22N4O2. The lowest BCUT2D eigenvalue weighted by Gasteiger charge is -2.27. The molecule has 0 fully saturated rings. The largest absolute Gasteiger partial charge is 0.496 e. The number of anilines is 1. The van der Waals surface area contributed by atoms with Crippen molar-refractivity contribution in [1.82, 2.24) is 14.7 Å². The van der Waals surface area contributed by atoms with E-state index in [0.29, 0.717) is 5.69 Å². The summed E-state index contributed by atoms with van der Waals surface area (Å²) < 4.78 is 7.13. The second-order valence-electron chi connectivity index (χ2n) is 5.93. The number of carbonyl (C=O) groups excluding carboxylic acids is 1. The van der Waals surface area contributed by atoms with Gasteiger partial charge in [0.05, 0.1) is 24.5 Å². The van der Waals surface area contributed by atoms with Crippen LogP contribution >= 0.6 is 0 Å². The van der Waals surface area contributed by atoms with Crippen LogP contribution in [-0.4, -0.2) is 34.9 Å². The fraction of sp³-hybridized carbons (Fsp3) is 0.200. The normalized spacial score (nSPS) is 11.7. The predicted molar refractivity (Wildman–Crippen MR) is 102 cm³/mol. The summed E-state index contributed by atoms with van der Waals surface area (Å²) in [7, 11) is 3.40. The molecule has 26 heavy (non-hydrogen) atoms. The van der Waals surface area contributed by atoms with Gasteiger partial charge in [0.1, 0.15) is 5.75 Å². The van der Waals surface area contributed by atoms with E-state index in [1.807, 2.05) is 67.7 Å². The maximum absolute atomic E-state index is 12.8. The van der Waals surface area contributed by atoms with Gasteiger partial charge in [0, 0.05) is 25.0 Å².